The molecule has 0 aromatic rings. The van der Waals surface area contributed by atoms with Gasteiger partial charge in [0.1, 0.15) is 18.1 Å². The topological polar surface area (TPSA) is 237 Å². The van der Waals surface area contributed by atoms with Gasteiger partial charge in [0.05, 0.1) is 12.5 Å². The Morgan fingerprint density at radius 1 is 0.853 bits per heavy atom. The third-order valence-electron chi connectivity index (χ3n) is 5.23. The molecule has 0 aromatic heterocycles. The number of nitrogens with two attached hydrogens (primary N) is 1. The number of carbonyl (C=O) groups is 6. The standard InChI is InChI=1S/C20H33N5O9/c21-8-2-1-4-12(23-17(30)11-5-3-9-22-11)18(31)25-14(10-16(28)29)19(32)24-13(20(33)34)6-7-15(26)27/h11-14,22H,1-10,21H2,(H,23,30)(H,24,32)(H,25,31)(H,26,27)(H,28,29)(H,33,34). The predicted octanol–water partition coefficient (Wildman–Crippen LogP) is -2.25. The molecule has 0 saturated carbocycles. The molecule has 34 heavy (non-hydrogen) atoms. The van der Waals surface area contributed by atoms with Gasteiger partial charge in [-0.15, -0.1) is 0 Å². The highest BCUT2D eigenvalue weighted by Crippen LogP contribution is 2.08. The van der Waals surface area contributed by atoms with E-state index in [0.717, 1.165) is 6.42 Å². The lowest BCUT2D eigenvalue weighted by atomic mass is 10.1. The summed E-state index contributed by atoms with van der Waals surface area (Å²) in [6.45, 7) is 1.03. The van der Waals surface area contributed by atoms with Gasteiger partial charge in [0.15, 0.2) is 0 Å². The number of carboxylic acid groups (broad SMARTS) is 3. The van der Waals surface area contributed by atoms with E-state index in [0.29, 0.717) is 32.4 Å². The summed E-state index contributed by atoms with van der Waals surface area (Å²) < 4.78 is 0. The van der Waals surface area contributed by atoms with Crippen LogP contribution in [-0.2, 0) is 28.8 Å². The van der Waals surface area contributed by atoms with Crippen LogP contribution in [-0.4, -0.2) is 88.2 Å². The largest absolute Gasteiger partial charge is 0.481 e. The van der Waals surface area contributed by atoms with E-state index >= 15 is 0 Å². The molecule has 0 spiro atoms. The van der Waals surface area contributed by atoms with Gasteiger partial charge in [0, 0.05) is 6.42 Å². The molecular weight excluding hydrogens is 454 g/mol. The highest BCUT2D eigenvalue weighted by molar-refractivity contribution is 5.95. The summed E-state index contributed by atoms with van der Waals surface area (Å²) in [7, 11) is 0. The fourth-order valence-corrected chi connectivity index (χ4v) is 3.40. The number of rotatable bonds is 16. The third-order valence-corrected chi connectivity index (χ3v) is 5.23. The lowest BCUT2D eigenvalue weighted by Gasteiger charge is -2.24. The summed E-state index contributed by atoms with van der Waals surface area (Å²) >= 11 is 0. The maximum Gasteiger partial charge on any atom is 0.326 e. The van der Waals surface area contributed by atoms with Crippen molar-refractivity contribution in [3.05, 3.63) is 0 Å². The molecule has 4 unspecified atom stereocenters. The average Bonchev–Trinajstić information content (AvgIpc) is 3.29. The van der Waals surface area contributed by atoms with Gasteiger partial charge in [0.2, 0.25) is 17.7 Å². The van der Waals surface area contributed by atoms with Crippen molar-refractivity contribution >= 4 is 35.6 Å². The van der Waals surface area contributed by atoms with Crippen LogP contribution in [0, 0.1) is 0 Å². The second-order valence-electron chi connectivity index (χ2n) is 7.99. The van der Waals surface area contributed by atoms with Crippen molar-refractivity contribution in [2.45, 2.75) is 75.5 Å². The van der Waals surface area contributed by atoms with Crippen LogP contribution in [0.5, 0.6) is 0 Å². The molecule has 0 aromatic carbocycles. The number of aliphatic carboxylic acids is 3. The smallest absolute Gasteiger partial charge is 0.326 e. The maximum atomic E-state index is 12.9. The molecule has 9 N–H and O–H groups in total. The summed E-state index contributed by atoms with van der Waals surface area (Å²) in [5, 5.41) is 37.1. The summed E-state index contributed by atoms with van der Waals surface area (Å²) in [6.07, 6.45) is 0.822. The van der Waals surface area contributed by atoms with E-state index < -0.39 is 79.1 Å². The Labute approximate surface area is 196 Å². The van der Waals surface area contributed by atoms with E-state index in [1.165, 1.54) is 0 Å². The zero-order chi connectivity index (χ0) is 25.7. The van der Waals surface area contributed by atoms with Gasteiger partial charge in [-0.25, -0.2) is 4.79 Å². The Hall–Kier alpha value is -3.26. The van der Waals surface area contributed by atoms with E-state index in [2.05, 4.69) is 21.3 Å². The maximum absolute atomic E-state index is 12.9. The van der Waals surface area contributed by atoms with Crippen LogP contribution in [0.2, 0.25) is 0 Å². The number of hydrogen-bond donors (Lipinski definition) is 8. The molecule has 14 nitrogen and oxygen atoms in total. The SMILES string of the molecule is NCCCCC(NC(=O)C1CCCN1)C(=O)NC(CC(=O)O)C(=O)NC(CCC(=O)O)C(=O)O. The first-order valence-corrected chi connectivity index (χ1v) is 11.1. The molecule has 0 radical (unpaired) electrons. The minimum Gasteiger partial charge on any atom is -0.481 e. The Kier molecular flexibility index (Phi) is 12.5. The minimum atomic E-state index is -1.64. The molecule has 1 aliphatic rings. The summed E-state index contributed by atoms with van der Waals surface area (Å²) in [4.78, 5) is 71.2. The normalized spacial score (nSPS) is 17.7. The van der Waals surface area contributed by atoms with Crippen LogP contribution in [0.1, 0.15) is 51.4 Å². The first-order chi connectivity index (χ1) is 16.0. The van der Waals surface area contributed by atoms with Crippen molar-refractivity contribution in [1.82, 2.24) is 21.3 Å². The molecule has 1 heterocycles. The van der Waals surface area contributed by atoms with Gasteiger partial charge >= 0.3 is 17.9 Å². The minimum absolute atomic E-state index is 0.194. The molecule has 4 atom stereocenters. The second kappa shape index (κ2) is 14.8. The monoisotopic (exact) mass is 487 g/mol. The van der Waals surface area contributed by atoms with Crippen molar-refractivity contribution in [2.75, 3.05) is 13.1 Å². The molecule has 14 heteroatoms. The van der Waals surface area contributed by atoms with Gasteiger partial charge in [0.25, 0.3) is 0 Å². The second-order valence-corrected chi connectivity index (χ2v) is 7.99. The van der Waals surface area contributed by atoms with Gasteiger partial charge in [-0.1, -0.05) is 0 Å². The van der Waals surface area contributed by atoms with E-state index in [1.54, 1.807) is 0 Å². The van der Waals surface area contributed by atoms with E-state index in [-0.39, 0.29) is 6.42 Å². The Balaban J connectivity index is 2.91. The van der Waals surface area contributed by atoms with E-state index in [4.69, 9.17) is 15.9 Å². The first kappa shape index (κ1) is 28.8. The molecule has 1 fully saturated rings. The predicted molar refractivity (Wildman–Crippen MR) is 116 cm³/mol. The fraction of sp³-hybridized carbons (Fsp3) is 0.700. The first-order valence-electron chi connectivity index (χ1n) is 11.1. The third kappa shape index (κ3) is 10.6. The van der Waals surface area contributed by atoms with Crippen molar-refractivity contribution in [1.29, 1.82) is 0 Å². The van der Waals surface area contributed by atoms with Crippen LogP contribution < -0.4 is 27.0 Å². The average molecular weight is 488 g/mol. The molecular formula is C20H33N5O9. The van der Waals surface area contributed by atoms with E-state index in [1.807, 2.05) is 0 Å². The van der Waals surface area contributed by atoms with Crippen LogP contribution in [0.4, 0.5) is 0 Å². The van der Waals surface area contributed by atoms with Gasteiger partial charge in [-0.3, -0.25) is 24.0 Å². The summed E-state index contributed by atoms with van der Waals surface area (Å²) in [5.74, 6) is -6.52. The number of hydrogen-bond acceptors (Lipinski definition) is 8. The number of carboxylic acids is 3. The molecule has 1 saturated heterocycles. The van der Waals surface area contributed by atoms with Crippen LogP contribution >= 0.6 is 0 Å². The number of carbonyl (C=O) groups excluding carboxylic acids is 3. The quantitative estimate of drug-likeness (QED) is 0.108. The highest BCUT2D eigenvalue weighted by atomic mass is 16.4. The van der Waals surface area contributed by atoms with Crippen molar-refractivity contribution in [3.63, 3.8) is 0 Å². The Morgan fingerprint density at radius 3 is 2.03 bits per heavy atom. The number of nitrogens with one attached hydrogen (secondary N) is 4. The van der Waals surface area contributed by atoms with E-state index in [9.17, 15) is 33.9 Å². The van der Waals surface area contributed by atoms with Crippen molar-refractivity contribution in [3.8, 4) is 0 Å². The van der Waals surface area contributed by atoms with Crippen molar-refractivity contribution < 1.29 is 44.1 Å². The van der Waals surface area contributed by atoms with Gasteiger partial charge in [-0.05, 0) is 51.6 Å². The molecule has 0 aliphatic carbocycles. The van der Waals surface area contributed by atoms with Crippen molar-refractivity contribution in [2.24, 2.45) is 5.73 Å². The lowest BCUT2D eigenvalue weighted by Crippen LogP contribution is -2.57. The highest BCUT2D eigenvalue weighted by Gasteiger charge is 2.32. The zero-order valence-electron chi connectivity index (χ0n) is 18.7. The van der Waals surface area contributed by atoms with Crippen LogP contribution in [0.25, 0.3) is 0 Å². The molecule has 3 amide bonds. The summed E-state index contributed by atoms with van der Waals surface area (Å²) in [5.41, 5.74) is 5.48. The zero-order valence-corrected chi connectivity index (χ0v) is 18.7. The van der Waals surface area contributed by atoms with Crippen LogP contribution in [0.3, 0.4) is 0 Å². The molecule has 1 rings (SSSR count). The van der Waals surface area contributed by atoms with Crippen LogP contribution in [0.15, 0.2) is 0 Å². The molecule has 1 aliphatic heterocycles. The fourth-order valence-electron chi connectivity index (χ4n) is 3.40. The number of amides is 3. The lowest BCUT2D eigenvalue weighted by molar-refractivity contribution is -0.144. The number of unbranched alkanes of at least 4 members (excludes halogenated alkanes) is 1. The Bertz CT molecular complexity index is 755. The van der Waals surface area contributed by atoms with Gasteiger partial charge < -0.3 is 42.3 Å². The summed E-state index contributed by atoms with van der Waals surface area (Å²) in [6, 6.07) is -4.76. The molecule has 0 bridgehead atoms. The van der Waals surface area contributed by atoms with Gasteiger partial charge in [-0.2, -0.15) is 0 Å². The molecule has 192 valence electrons. The Morgan fingerprint density at radius 2 is 1.50 bits per heavy atom.